The fourth-order valence-electron chi connectivity index (χ4n) is 2.88. The van der Waals surface area contributed by atoms with Gasteiger partial charge < -0.3 is 0 Å². The van der Waals surface area contributed by atoms with E-state index in [0.29, 0.717) is 43.2 Å². The standard InChI is InChI=1S/C16H12F6N3O2S/c17-15(18,19)8-5-6-12(11(7-8)25(26)27)28-14-23-10-4-2-1-3-9(10)13(24-14)16(20,21)22/h5-7H,1-4H2,(H,26,27)/q+1. The number of benzene rings is 1. The number of hydrogen-bond donors (Lipinski definition) is 1. The first-order valence-electron chi connectivity index (χ1n) is 7.99. The molecule has 28 heavy (non-hydrogen) atoms. The zero-order valence-corrected chi connectivity index (χ0v) is 14.8. The normalized spacial score (nSPS) is 14.6. The predicted octanol–water partition coefficient (Wildman–Crippen LogP) is 5.34. The van der Waals surface area contributed by atoms with E-state index in [2.05, 4.69) is 9.97 Å². The molecule has 0 saturated carbocycles. The van der Waals surface area contributed by atoms with Gasteiger partial charge in [0.05, 0.1) is 15.4 Å². The smallest absolute Gasteiger partial charge is 0.241 e. The number of fused-ring (bicyclic) bond motifs is 1. The third kappa shape index (κ3) is 4.21. The lowest BCUT2D eigenvalue weighted by molar-refractivity contribution is -0.731. The number of aromatic nitrogens is 2. The Morgan fingerprint density at radius 3 is 2.29 bits per heavy atom. The van der Waals surface area contributed by atoms with Gasteiger partial charge in [-0.05, 0) is 49.6 Å². The van der Waals surface area contributed by atoms with Crippen LogP contribution in [-0.2, 0) is 25.2 Å². The molecule has 0 amide bonds. The molecule has 0 atom stereocenters. The van der Waals surface area contributed by atoms with Crippen LogP contribution in [0.3, 0.4) is 0 Å². The van der Waals surface area contributed by atoms with Gasteiger partial charge in [0, 0.05) is 17.3 Å². The number of rotatable bonds is 3. The Morgan fingerprint density at radius 1 is 1.00 bits per heavy atom. The van der Waals surface area contributed by atoms with Gasteiger partial charge in [0.25, 0.3) is 4.92 Å². The summed E-state index contributed by atoms with van der Waals surface area (Å²) in [5.74, 6) is 0. The number of aryl methyl sites for hydroxylation is 1. The van der Waals surface area contributed by atoms with Gasteiger partial charge in [-0.1, -0.05) is 0 Å². The van der Waals surface area contributed by atoms with E-state index in [-0.39, 0.29) is 27.7 Å². The van der Waals surface area contributed by atoms with E-state index < -0.39 is 34.2 Å². The second-order valence-corrected chi connectivity index (χ2v) is 7.05. The zero-order valence-electron chi connectivity index (χ0n) is 13.9. The lowest BCUT2D eigenvalue weighted by atomic mass is 9.94. The molecule has 0 spiro atoms. The van der Waals surface area contributed by atoms with Crippen molar-refractivity contribution >= 4 is 17.4 Å². The molecule has 1 aliphatic rings. The molecular weight excluding hydrogens is 412 g/mol. The highest BCUT2D eigenvalue weighted by Crippen LogP contribution is 2.40. The van der Waals surface area contributed by atoms with Crippen LogP contribution in [0.4, 0.5) is 32.0 Å². The number of alkyl halides is 6. The molecule has 0 unspecified atom stereocenters. The van der Waals surface area contributed by atoms with E-state index >= 15 is 0 Å². The molecule has 0 saturated heterocycles. The van der Waals surface area contributed by atoms with Gasteiger partial charge in [0.2, 0.25) is 0 Å². The van der Waals surface area contributed by atoms with Gasteiger partial charge in [0.15, 0.2) is 10.9 Å². The molecule has 1 heterocycles. The maximum absolute atomic E-state index is 13.4. The Bertz CT molecular complexity index is 930. The van der Waals surface area contributed by atoms with Gasteiger partial charge >= 0.3 is 18.0 Å². The van der Waals surface area contributed by atoms with Crippen molar-refractivity contribution in [2.75, 3.05) is 0 Å². The molecule has 1 N–H and O–H groups in total. The lowest BCUT2D eigenvalue weighted by Gasteiger charge is -2.20. The Balaban J connectivity index is 2.06. The van der Waals surface area contributed by atoms with Crippen molar-refractivity contribution < 1.29 is 36.5 Å². The van der Waals surface area contributed by atoms with Gasteiger partial charge in [-0.2, -0.15) is 26.3 Å². The van der Waals surface area contributed by atoms with Crippen molar-refractivity contribution in [2.24, 2.45) is 0 Å². The lowest BCUT2D eigenvalue weighted by Crippen LogP contribution is -2.19. The van der Waals surface area contributed by atoms with Crippen molar-refractivity contribution in [3.8, 4) is 0 Å². The van der Waals surface area contributed by atoms with Crippen LogP contribution in [0.25, 0.3) is 0 Å². The first kappa shape index (κ1) is 20.4. The van der Waals surface area contributed by atoms with Crippen molar-refractivity contribution in [1.29, 1.82) is 0 Å². The minimum absolute atomic E-state index is 0.0170. The second-order valence-electron chi connectivity index (χ2n) is 6.04. The van der Waals surface area contributed by atoms with E-state index in [4.69, 9.17) is 5.21 Å². The van der Waals surface area contributed by atoms with Crippen LogP contribution in [0.5, 0.6) is 0 Å². The average Bonchev–Trinajstić information content (AvgIpc) is 2.59. The first-order chi connectivity index (χ1) is 13.0. The molecule has 1 aliphatic carbocycles. The molecule has 0 radical (unpaired) electrons. The summed E-state index contributed by atoms with van der Waals surface area (Å²) in [5, 5.41) is 8.76. The largest absolute Gasteiger partial charge is 0.433 e. The van der Waals surface area contributed by atoms with Crippen molar-refractivity contribution in [1.82, 2.24) is 9.97 Å². The molecule has 2 aromatic rings. The van der Waals surface area contributed by atoms with E-state index in [1.165, 1.54) is 0 Å². The van der Waals surface area contributed by atoms with Crippen molar-refractivity contribution in [3.05, 3.63) is 45.6 Å². The minimum Gasteiger partial charge on any atom is -0.241 e. The fraction of sp³-hybridized carbons (Fsp3) is 0.375. The summed E-state index contributed by atoms with van der Waals surface area (Å²) in [6, 6.07) is 1.93. The van der Waals surface area contributed by atoms with Crippen LogP contribution in [0.15, 0.2) is 28.3 Å². The second kappa shape index (κ2) is 7.22. The van der Waals surface area contributed by atoms with Crippen LogP contribution in [0.2, 0.25) is 0 Å². The average molecular weight is 424 g/mol. The van der Waals surface area contributed by atoms with Crippen molar-refractivity contribution in [3.63, 3.8) is 0 Å². The highest BCUT2D eigenvalue weighted by atomic mass is 32.2. The van der Waals surface area contributed by atoms with E-state index in [1.54, 1.807) is 0 Å². The predicted molar refractivity (Wildman–Crippen MR) is 84.3 cm³/mol. The SMILES string of the molecule is O=[N+](O)c1cc(C(F)(F)F)ccc1Sc1nc2c(c(C(F)(F)F)n1)CCCC2. The Morgan fingerprint density at radius 2 is 1.68 bits per heavy atom. The van der Waals surface area contributed by atoms with Crippen LogP contribution in [-0.4, -0.2) is 20.1 Å². The van der Waals surface area contributed by atoms with Gasteiger partial charge in [-0.15, -0.1) is 0 Å². The molecule has 1 aromatic heterocycles. The summed E-state index contributed by atoms with van der Waals surface area (Å²) in [7, 11) is 0. The molecule has 5 nitrogen and oxygen atoms in total. The minimum atomic E-state index is -4.76. The van der Waals surface area contributed by atoms with Crippen LogP contribution >= 0.6 is 11.8 Å². The number of nitrogens with zero attached hydrogens (tertiary/aromatic N) is 3. The number of hydrogen-bond acceptors (Lipinski definition) is 4. The molecule has 150 valence electrons. The van der Waals surface area contributed by atoms with E-state index in [1.807, 2.05) is 0 Å². The highest BCUT2D eigenvalue weighted by Gasteiger charge is 2.39. The van der Waals surface area contributed by atoms with Crippen LogP contribution in [0, 0.1) is 4.91 Å². The van der Waals surface area contributed by atoms with Crippen LogP contribution in [0.1, 0.15) is 35.4 Å². The third-order valence-corrected chi connectivity index (χ3v) is 5.05. The number of halogens is 6. The van der Waals surface area contributed by atoms with Crippen LogP contribution < -0.4 is 0 Å². The van der Waals surface area contributed by atoms with Gasteiger partial charge in [-0.25, -0.2) is 15.2 Å². The Hall–Kier alpha value is -2.37. The third-order valence-electron chi connectivity index (χ3n) is 4.12. The molecule has 0 aliphatic heterocycles. The van der Waals surface area contributed by atoms with E-state index in [9.17, 15) is 31.2 Å². The topological polar surface area (TPSA) is 66.1 Å². The maximum Gasteiger partial charge on any atom is 0.433 e. The highest BCUT2D eigenvalue weighted by molar-refractivity contribution is 7.99. The summed E-state index contributed by atoms with van der Waals surface area (Å²) >= 11 is 0.474. The van der Waals surface area contributed by atoms with Gasteiger partial charge in [0.1, 0.15) is 0 Å². The van der Waals surface area contributed by atoms with Crippen molar-refractivity contribution in [2.45, 2.75) is 48.1 Å². The Labute approximate surface area is 158 Å². The molecule has 0 bridgehead atoms. The fourth-order valence-corrected chi connectivity index (χ4v) is 3.75. The summed E-state index contributed by atoms with van der Waals surface area (Å²) in [5.41, 5.74) is -2.80. The molecule has 12 heteroatoms. The molecule has 3 rings (SSSR count). The summed E-state index contributed by atoms with van der Waals surface area (Å²) in [6.45, 7) is 0. The monoisotopic (exact) mass is 424 g/mol. The summed E-state index contributed by atoms with van der Waals surface area (Å²) in [6.07, 6.45) is -7.75. The summed E-state index contributed by atoms with van der Waals surface area (Å²) < 4.78 is 78.5. The summed E-state index contributed by atoms with van der Waals surface area (Å²) in [4.78, 5) is 17.9. The molecule has 0 fully saturated rings. The first-order valence-corrected chi connectivity index (χ1v) is 8.80. The molecular formula is C16H12F6N3O2S+. The van der Waals surface area contributed by atoms with E-state index in [0.717, 1.165) is 6.07 Å². The quantitative estimate of drug-likeness (QED) is 0.409. The van der Waals surface area contributed by atoms with Gasteiger partial charge in [-0.3, -0.25) is 0 Å². The maximum atomic E-state index is 13.4. The zero-order chi connectivity index (χ0) is 20.7. The molecule has 1 aromatic carbocycles. The Kier molecular flexibility index (Phi) is 5.26.